The molecule has 3 aromatic rings. The smallest absolute Gasteiger partial charge is 0.223 e. The first-order valence-corrected chi connectivity index (χ1v) is 13.0. The van der Waals surface area contributed by atoms with Crippen molar-refractivity contribution in [2.45, 2.75) is 26.3 Å². The summed E-state index contributed by atoms with van der Waals surface area (Å²) in [6.07, 6.45) is 2.40. The molecule has 4 heterocycles. The lowest BCUT2D eigenvalue weighted by atomic mass is 10.2. The maximum absolute atomic E-state index is 12.5. The third-order valence-electron chi connectivity index (χ3n) is 6.92. The summed E-state index contributed by atoms with van der Waals surface area (Å²) in [5, 5.41) is 15.2. The van der Waals surface area contributed by atoms with Gasteiger partial charge >= 0.3 is 0 Å². The Kier molecular flexibility index (Phi) is 7.86. The highest BCUT2D eigenvalue weighted by Crippen LogP contribution is 2.30. The van der Waals surface area contributed by atoms with Gasteiger partial charge in [-0.05, 0) is 36.6 Å². The Morgan fingerprint density at radius 2 is 1.82 bits per heavy atom. The van der Waals surface area contributed by atoms with Crippen molar-refractivity contribution >= 4 is 23.0 Å². The highest BCUT2D eigenvalue weighted by molar-refractivity contribution is 5.97. The zero-order valence-electron chi connectivity index (χ0n) is 21.6. The number of ether oxygens (including phenoxy) is 1. The lowest BCUT2D eigenvalue weighted by Crippen LogP contribution is -2.48. The average molecular weight is 517 g/mol. The second kappa shape index (κ2) is 11.6. The third-order valence-corrected chi connectivity index (χ3v) is 6.92. The predicted molar refractivity (Wildman–Crippen MR) is 143 cm³/mol. The van der Waals surface area contributed by atoms with Gasteiger partial charge in [0.1, 0.15) is 11.3 Å². The molecule has 0 saturated carbocycles. The first-order valence-electron chi connectivity index (χ1n) is 13.0. The monoisotopic (exact) mass is 516 g/mol. The SMILES string of the molecule is CC#CC(=O)CCC(=O)N1CCN(Cc2cc3c(N4CCOCC4)nc(-c4ccccc4O)nn3c2)CC1. The molecule has 2 fully saturated rings. The van der Waals surface area contributed by atoms with Gasteiger partial charge in [-0.25, -0.2) is 9.50 Å². The van der Waals surface area contributed by atoms with E-state index >= 15 is 0 Å². The molecule has 0 aliphatic carbocycles. The molecular formula is C28H32N6O4. The zero-order valence-corrected chi connectivity index (χ0v) is 21.6. The van der Waals surface area contributed by atoms with E-state index in [1.807, 2.05) is 27.7 Å². The van der Waals surface area contributed by atoms with Gasteiger partial charge in [-0.3, -0.25) is 14.5 Å². The van der Waals surface area contributed by atoms with E-state index in [1.54, 1.807) is 19.1 Å². The Hall–Kier alpha value is -3.94. The number of piperazine rings is 1. The van der Waals surface area contributed by atoms with Crippen molar-refractivity contribution in [3.05, 3.63) is 42.1 Å². The standard InChI is InChI=1S/C28H32N6O4/c1-2-5-22(35)8-9-26(37)32-12-10-31(11-13-32)19-21-18-24-28(33-14-16-38-17-15-33)29-27(30-34(24)20-21)23-6-3-4-7-25(23)36/h3-4,6-7,18,20,36H,8-17,19H2,1H3. The molecule has 38 heavy (non-hydrogen) atoms. The summed E-state index contributed by atoms with van der Waals surface area (Å²) in [5.41, 5.74) is 2.60. The molecule has 2 saturated heterocycles. The summed E-state index contributed by atoms with van der Waals surface area (Å²) in [6, 6.07) is 9.22. The summed E-state index contributed by atoms with van der Waals surface area (Å²) >= 11 is 0. The Morgan fingerprint density at radius 1 is 1.05 bits per heavy atom. The van der Waals surface area contributed by atoms with E-state index in [4.69, 9.17) is 14.8 Å². The molecule has 2 aliphatic rings. The lowest BCUT2D eigenvalue weighted by molar-refractivity contribution is -0.134. The molecular weight excluding hydrogens is 484 g/mol. The van der Waals surface area contributed by atoms with E-state index in [2.05, 4.69) is 27.7 Å². The number of para-hydroxylation sites is 1. The van der Waals surface area contributed by atoms with E-state index in [0.717, 1.165) is 49.6 Å². The topological polar surface area (TPSA) is 104 Å². The number of aromatic hydroxyl groups is 1. The van der Waals surface area contributed by atoms with Gasteiger partial charge in [-0.2, -0.15) is 0 Å². The van der Waals surface area contributed by atoms with Crippen LogP contribution in [0.25, 0.3) is 16.9 Å². The molecule has 10 nitrogen and oxygen atoms in total. The van der Waals surface area contributed by atoms with Crippen LogP contribution in [-0.4, -0.2) is 93.7 Å². The fourth-order valence-corrected chi connectivity index (χ4v) is 4.90. The summed E-state index contributed by atoms with van der Waals surface area (Å²) in [7, 11) is 0. The number of fused-ring (bicyclic) bond motifs is 1. The fourth-order valence-electron chi connectivity index (χ4n) is 4.90. The van der Waals surface area contributed by atoms with Gasteiger partial charge in [0.15, 0.2) is 11.6 Å². The van der Waals surface area contributed by atoms with Gasteiger partial charge in [-0.1, -0.05) is 18.1 Å². The number of carbonyl (C=O) groups excluding carboxylic acids is 2. The fraction of sp³-hybridized carbons (Fsp3) is 0.429. The van der Waals surface area contributed by atoms with E-state index in [1.165, 1.54) is 0 Å². The second-order valence-electron chi connectivity index (χ2n) is 9.51. The molecule has 1 N–H and O–H groups in total. The molecule has 5 rings (SSSR count). The number of nitrogens with zero attached hydrogens (tertiary/aromatic N) is 6. The van der Waals surface area contributed by atoms with Crippen molar-refractivity contribution in [2.24, 2.45) is 0 Å². The Balaban J connectivity index is 1.31. The highest BCUT2D eigenvalue weighted by Gasteiger charge is 2.24. The number of phenols is 1. The minimum Gasteiger partial charge on any atom is -0.507 e. The van der Waals surface area contributed by atoms with Gasteiger partial charge in [0.25, 0.3) is 0 Å². The molecule has 1 aromatic carbocycles. The van der Waals surface area contributed by atoms with Gasteiger partial charge in [-0.15, -0.1) is 5.10 Å². The van der Waals surface area contributed by atoms with Crippen molar-refractivity contribution in [3.63, 3.8) is 0 Å². The number of amides is 1. The number of ketones is 1. The van der Waals surface area contributed by atoms with E-state index in [-0.39, 0.29) is 30.3 Å². The van der Waals surface area contributed by atoms with Crippen LogP contribution in [0.1, 0.15) is 25.3 Å². The number of morpholine rings is 1. The van der Waals surface area contributed by atoms with Crippen molar-refractivity contribution in [2.75, 3.05) is 57.4 Å². The highest BCUT2D eigenvalue weighted by atomic mass is 16.5. The van der Waals surface area contributed by atoms with E-state index < -0.39 is 0 Å². The van der Waals surface area contributed by atoms with Gasteiger partial charge in [0.05, 0.1) is 18.8 Å². The normalized spacial score (nSPS) is 16.3. The molecule has 2 aromatic heterocycles. The van der Waals surface area contributed by atoms with Crippen molar-refractivity contribution < 1.29 is 19.4 Å². The van der Waals surface area contributed by atoms with Crippen LogP contribution in [0.2, 0.25) is 0 Å². The minimum absolute atomic E-state index is 0.00706. The molecule has 0 spiro atoms. The van der Waals surface area contributed by atoms with Crippen LogP contribution in [-0.2, 0) is 20.9 Å². The molecule has 0 bridgehead atoms. The molecule has 10 heteroatoms. The van der Waals surface area contributed by atoms with Crippen molar-refractivity contribution in [1.29, 1.82) is 0 Å². The average Bonchev–Trinajstić information content (AvgIpc) is 3.35. The first kappa shape index (κ1) is 25.7. The maximum Gasteiger partial charge on any atom is 0.223 e. The van der Waals surface area contributed by atoms with E-state index in [0.29, 0.717) is 37.7 Å². The number of benzene rings is 1. The number of Topliss-reactive ketones (excluding diaryl/α,β-unsaturated/α-hetero) is 1. The Labute approximate surface area is 221 Å². The Morgan fingerprint density at radius 3 is 2.55 bits per heavy atom. The number of carbonyl (C=O) groups is 2. The molecule has 2 aliphatic heterocycles. The second-order valence-corrected chi connectivity index (χ2v) is 9.51. The number of hydrogen-bond donors (Lipinski definition) is 1. The van der Waals surface area contributed by atoms with Crippen LogP contribution in [0, 0.1) is 11.8 Å². The number of anilines is 1. The molecule has 0 unspecified atom stereocenters. The predicted octanol–water partition coefficient (Wildman–Crippen LogP) is 1.96. The number of hydrogen-bond acceptors (Lipinski definition) is 8. The van der Waals surface area contributed by atoms with E-state index in [9.17, 15) is 14.7 Å². The van der Waals surface area contributed by atoms with Gasteiger partial charge < -0.3 is 19.6 Å². The Bertz CT molecular complexity index is 1380. The summed E-state index contributed by atoms with van der Waals surface area (Å²) < 4.78 is 7.40. The van der Waals surface area contributed by atoms with Crippen LogP contribution in [0.15, 0.2) is 36.5 Å². The number of phenolic OH excluding ortho intramolecular Hbond substituents is 1. The van der Waals surface area contributed by atoms with Crippen LogP contribution in [0.3, 0.4) is 0 Å². The molecule has 0 radical (unpaired) electrons. The first-order chi connectivity index (χ1) is 18.5. The molecule has 198 valence electrons. The summed E-state index contributed by atoms with van der Waals surface area (Å²) in [4.78, 5) is 35.4. The largest absolute Gasteiger partial charge is 0.507 e. The quantitative estimate of drug-likeness (QED) is 0.376. The van der Waals surface area contributed by atoms with Crippen molar-refractivity contribution in [1.82, 2.24) is 24.4 Å². The number of aromatic nitrogens is 3. The lowest BCUT2D eigenvalue weighted by Gasteiger charge is -2.34. The van der Waals surface area contributed by atoms with Crippen LogP contribution < -0.4 is 4.90 Å². The maximum atomic E-state index is 12.5. The minimum atomic E-state index is -0.189. The van der Waals surface area contributed by atoms with Crippen LogP contribution in [0.5, 0.6) is 5.75 Å². The summed E-state index contributed by atoms with van der Waals surface area (Å²) in [6.45, 7) is 7.88. The van der Waals surface area contributed by atoms with Gasteiger partial charge in [0.2, 0.25) is 11.7 Å². The zero-order chi connectivity index (χ0) is 26.5. The number of rotatable bonds is 7. The van der Waals surface area contributed by atoms with Crippen LogP contribution >= 0.6 is 0 Å². The van der Waals surface area contributed by atoms with Crippen molar-refractivity contribution in [3.8, 4) is 29.0 Å². The van der Waals surface area contributed by atoms with Crippen LogP contribution in [0.4, 0.5) is 5.82 Å². The summed E-state index contributed by atoms with van der Waals surface area (Å²) in [5.74, 6) is 6.32. The van der Waals surface area contributed by atoms with Gasteiger partial charge in [0, 0.05) is 64.9 Å². The molecule has 1 amide bonds. The third kappa shape index (κ3) is 5.79. The molecule has 0 atom stereocenters.